The molecule has 8 heteroatoms. The van der Waals surface area contributed by atoms with Crippen molar-refractivity contribution in [1.29, 1.82) is 0 Å². The topological polar surface area (TPSA) is 86.8 Å². The molecule has 0 radical (unpaired) electrons. The summed E-state index contributed by atoms with van der Waals surface area (Å²) in [6.07, 6.45) is 0. The highest BCUT2D eigenvalue weighted by molar-refractivity contribution is 5.95. The summed E-state index contributed by atoms with van der Waals surface area (Å²) in [4.78, 5) is 28.2. The third-order valence-corrected chi connectivity index (χ3v) is 3.86. The number of hydrogen-bond acceptors (Lipinski definition) is 6. The fourth-order valence-corrected chi connectivity index (χ4v) is 2.50. The molecule has 3 aromatic rings. The van der Waals surface area contributed by atoms with Gasteiger partial charge in [-0.15, -0.1) is 0 Å². The number of fused-ring (bicyclic) bond motifs is 1. The van der Waals surface area contributed by atoms with Gasteiger partial charge in [0.1, 0.15) is 17.3 Å². The fraction of sp³-hybridized carbons (Fsp3) is 0.150. The van der Waals surface area contributed by atoms with Crippen molar-refractivity contribution in [3.05, 3.63) is 60.0 Å². The SMILES string of the molecule is COC(=O)c1cc(OCC(=O)Nc2ccc(F)cc2)c2cc(OC)ccc2n1. The molecule has 1 N–H and O–H groups in total. The number of benzene rings is 2. The minimum Gasteiger partial charge on any atom is -0.497 e. The molecule has 0 spiro atoms. The summed E-state index contributed by atoms with van der Waals surface area (Å²) in [5.74, 6) is -0.626. The number of pyridine rings is 1. The Morgan fingerprint density at radius 3 is 2.50 bits per heavy atom. The smallest absolute Gasteiger partial charge is 0.356 e. The predicted molar refractivity (Wildman–Crippen MR) is 100 cm³/mol. The van der Waals surface area contributed by atoms with Gasteiger partial charge < -0.3 is 19.5 Å². The first-order valence-electron chi connectivity index (χ1n) is 8.25. The van der Waals surface area contributed by atoms with E-state index in [9.17, 15) is 14.0 Å². The van der Waals surface area contributed by atoms with E-state index >= 15 is 0 Å². The second-order valence-electron chi connectivity index (χ2n) is 5.72. The quantitative estimate of drug-likeness (QED) is 0.657. The third kappa shape index (κ3) is 4.35. The van der Waals surface area contributed by atoms with E-state index in [2.05, 4.69) is 10.3 Å². The summed E-state index contributed by atoms with van der Waals surface area (Å²) in [6.45, 7) is -0.325. The van der Waals surface area contributed by atoms with Crippen LogP contribution < -0.4 is 14.8 Å². The molecule has 0 bridgehead atoms. The first-order valence-corrected chi connectivity index (χ1v) is 8.25. The number of nitrogens with zero attached hydrogens (tertiary/aromatic N) is 1. The second kappa shape index (κ2) is 8.34. The van der Waals surface area contributed by atoms with Crippen LogP contribution in [-0.4, -0.2) is 37.7 Å². The van der Waals surface area contributed by atoms with Gasteiger partial charge in [-0.3, -0.25) is 4.79 Å². The summed E-state index contributed by atoms with van der Waals surface area (Å²) >= 11 is 0. The van der Waals surface area contributed by atoms with Crippen molar-refractivity contribution in [3.8, 4) is 11.5 Å². The van der Waals surface area contributed by atoms with E-state index in [1.165, 1.54) is 44.6 Å². The van der Waals surface area contributed by atoms with Crippen LogP contribution in [0.1, 0.15) is 10.5 Å². The zero-order valence-corrected chi connectivity index (χ0v) is 15.2. The third-order valence-electron chi connectivity index (χ3n) is 3.86. The molecule has 0 saturated carbocycles. The molecule has 0 aliphatic carbocycles. The van der Waals surface area contributed by atoms with Crippen LogP contribution >= 0.6 is 0 Å². The number of esters is 1. The molecule has 0 fully saturated rings. The molecule has 1 aromatic heterocycles. The Bertz CT molecular complexity index is 1020. The Hall–Kier alpha value is -3.68. The van der Waals surface area contributed by atoms with Crippen molar-refractivity contribution in [3.63, 3.8) is 0 Å². The van der Waals surface area contributed by atoms with Gasteiger partial charge in [-0.2, -0.15) is 0 Å². The van der Waals surface area contributed by atoms with Crippen molar-refractivity contribution in [1.82, 2.24) is 4.98 Å². The normalized spacial score (nSPS) is 10.4. The average Bonchev–Trinajstić information content (AvgIpc) is 2.72. The number of carbonyl (C=O) groups excluding carboxylic acids is 2. The van der Waals surface area contributed by atoms with Gasteiger partial charge in [-0.05, 0) is 42.5 Å². The number of amides is 1. The molecule has 2 aromatic carbocycles. The average molecular weight is 384 g/mol. The van der Waals surface area contributed by atoms with Gasteiger partial charge in [0, 0.05) is 17.1 Å². The largest absolute Gasteiger partial charge is 0.497 e. The molecule has 7 nitrogen and oxygen atoms in total. The van der Waals surface area contributed by atoms with Crippen molar-refractivity contribution in [2.75, 3.05) is 26.1 Å². The summed E-state index contributed by atoms with van der Waals surface area (Å²) in [5.41, 5.74) is 0.971. The monoisotopic (exact) mass is 384 g/mol. The van der Waals surface area contributed by atoms with Crippen LogP contribution in [0.15, 0.2) is 48.5 Å². The van der Waals surface area contributed by atoms with Crippen molar-refractivity contribution in [2.45, 2.75) is 0 Å². The van der Waals surface area contributed by atoms with Crippen molar-refractivity contribution < 1.29 is 28.2 Å². The molecule has 1 amide bonds. The number of anilines is 1. The van der Waals surface area contributed by atoms with Gasteiger partial charge in [-0.1, -0.05) is 0 Å². The summed E-state index contributed by atoms with van der Waals surface area (Å²) in [6, 6.07) is 11.8. The maximum Gasteiger partial charge on any atom is 0.356 e. The lowest BCUT2D eigenvalue weighted by Crippen LogP contribution is -2.20. The lowest BCUT2D eigenvalue weighted by atomic mass is 10.1. The molecule has 3 rings (SSSR count). The van der Waals surface area contributed by atoms with Crippen LogP contribution in [0.2, 0.25) is 0 Å². The van der Waals surface area contributed by atoms with Crippen molar-refractivity contribution in [2.24, 2.45) is 0 Å². The number of hydrogen-bond donors (Lipinski definition) is 1. The van der Waals surface area contributed by atoms with Crippen molar-refractivity contribution >= 4 is 28.5 Å². The molecule has 144 valence electrons. The lowest BCUT2D eigenvalue weighted by Gasteiger charge is -2.12. The molecule has 0 unspecified atom stereocenters. The maximum absolute atomic E-state index is 12.9. The number of methoxy groups -OCH3 is 2. The van der Waals surface area contributed by atoms with Gasteiger partial charge in [0.2, 0.25) is 0 Å². The minimum absolute atomic E-state index is 0.0501. The second-order valence-corrected chi connectivity index (χ2v) is 5.72. The van der Waals surface area contributed by atoms with Crippen LogP contribution in [0.5, 0.6) is 11.5 Å². The Kier molecular flexibility index (Phi) is 5.69. The number of halogens is 1. The van der Waals surface area contributed by atoms with Gasteiger partial charge in [0.15, 0.2) is 12.3 Å². The Morgan fingerprint density at radius 1 is 1.07 bits per heavy atom. The van der Waals surface area contributed by atoms with E-state index < -0.39 is 17.7 Å². The van der Waals surface area contributed by atoms with Crippen LogP contribution in [0, 0.1) is 5.82 Å². The van der Waals surface area contributed by atoms with E-state index in [1.54, 1.807) is 18.2 Å². The number of aromatic nitrogens is 1. The first kappa shape index (κ1) is 19.1. The number of ether oxygens (including phenoxy) is 3. The highest BCUT2D eigenvalue weighted by Crippen LogP contribution is 2.29. The Morgan fingerprint density at radius 2 is 1.82 bits per heavy atom. The predicted octanol–water partition coefficient (Wildman–Crippen LogP) is 3.19. The minimum atomic E-state index is -0.627. The van der Waals surface area contributed by atoms with Crippen LogP contribution in [0.3, 0.4) is 0 Å². The van der Waals surface area contributed by atoms with Gasteiger partial charge >= 0.3 is 5.97 Å². The molecule has 0 aliphatic rings. The van der Waals surface area contributed by atoms with Crippen LogP contribution in [0.4, 0.5) is 10.1 Å². The van der Waals surface area contributed by atoms with E-state index in [0.29, 0.717) is 22.3 Å². The van der Waals surface area contributed by atoms with E-state index in [0.717, 1.165) is 0 Å². The van der Waals surface area contributed by atoms with Gasteiger partial charge in [0.05, 0.1) is 19.7 Å². The van der Waals surface area contributed by atoms with Crippen LogP contribution in [-0.2, 0) is 9.53 Å². The summed E-state index contributed by atoms with van der Waals surface area (Å²) in [5, 5.41) is 3.17. The zero-order chi connectivity index (χ0) is 20.1. The number of carbonyl (C=O) groups is 2. The highest BCUT2D eigenvalue weighted by Gasteiger charge is 2.15. The highest BCUT2D eigenvalue weighted by atomic mass is 19.1. The molecule has 0 saturated heterocycles. The van der Waals surface area contributed by atoms with E-state index in [-0.39, 0.29) is 18.1 Å². The molecule has 0 aliphatic heterocycles. The van der Waals surface area contributed by atoms with E-state index in [1.807, 2.05) is 0 Å². The molecular weight excluding hydrogens is 367 g/mol. The summed E-state index contributed by atoms with van der Waals surface area (Å²) < 4.78 is 28.5. The Balaban J connectivity index is 1.84. The van der Waals surface area contributed by atoms with Gasteiger partial charge in [0.25, 0.3) is 5.91 Å². The van der Waals surface area contributed by atoms with E-state index in [4.69, 9.17) is 14.2 Å². The van der Waals surface area contributed by atoms with Crippen LogP contribution in [0.25, 0.3) is 10.9 Å². The molecule has 1 heterocycles. The van der Waals surface area contributed by atoms with Gasteiger partial charge in [-0.25, -0.2) is 14.2 Å². The lowest BCUT2D eigenvalue weighted by molar-refractivity contribution is -0.118. The molecular formula is C20H17FN2O5. The standard InChI is InChI=1S/C20H17FN2O5/c1-26-14-7-8-16-15(9-14)18(10-17(23-16)20(25)27-2)28-11-19(24)22-13-5-3-12(21)4-6-13/h3-10H,11H2,1-2H3,(H,22,24). The summed E-state index contributed by atoms with van der Waals surface area (Å²) in [7, 11) is 2.77. The molecule has 28 heavy (non-hydrogen) atoms. The molecule has 0 atom stereocenters. The fourth-order valence-electron chi connectivity index (χ4n) is 2.50. The number of rotatable bonds is 6. The Labute approximate surface area is 160 Å². The first-order chi connectivity index (χ1) is 13.5. The zero-order valence-electron chi connectivity index (χ0n) is 15.2. The maximum atomic E-state index is 12.9. The number of nitrogens with one attached hydrogen (secondary N) is 1.